The summed E-state index contributed by atoms with van der Waals surface area (Å²) < 4.78 is 44.6. The van der Waals surface area contributed by atoms with Gasteiger partial charge in [0.05, 0.1) is 11.8 Å². The molecule has 1 fully saturated rings. The maximum atomic E-state index is 13.0. The lowest BCUT2D eigenvalue weighted by molar-refractivity contribution is -0.187. The number of hydrogen-bond donors (Lipinski definition) is 1. The van der Waals surface area contributed by atoms with Crippen molar-refractivity contribution in [3.63, 3.8) is 0 Å². The van der Waals surface area contributed by atoms with Crippen LogP contribution in [0.3, 0.4) is 0 Å². The zero-order chi connectivity index (χ0) is 17.6. The number of carbonyl (C=O) groups is 2. The van der Waals surface area contributed by atoms with E-state index in [2.05, 4.69) is 0 Å². The topological polar surface area (TPSA) is 70.8 Å². The molecule has 0 radical (unpaired) electrons. The number of rotatable bonds is 2. The predicted octanol–water partition coefficient (Wildman–Crippen LogP) is 3.08. The van der Waals surface area contributed by atoms with Crippen LogP contribution in [0.2, 0.25) is 0 Å². The van der Waals surface area contributed by atoms with Crippen molar-refractivity contribution in [2.45, 2.75) is 13.1 Å². The van der Waals surface area contributed by atoms with E-state index in [-0.39, 0.29) is 5.76 Å². The van der Waals surface area contributed by atoms with Gasteiger partial charge in [-0.05, 0) is 13.0 Å². The van der Waals surface area contributed by atoms with Gasteiger partial charge >= 0.3 is 12.1 Å². The van der Waals surface area contributed by atoms with E-state index in [0.717, 1.165) is 4.90 Å². The lowest BCUT2D eigenvalue weighted by Crippen LogP contribution is -2.34. The van der Waals surface area contributed by atoms with E-state index in [1.807, 2.05) is 0 Å². The van der Waals surface area contributed by atoms with Crippen LogP contribution < -0.4 is 0 Å². The van der Waals surface area contributed by atoms with Gasteiger partial charge in [-0.25, -0.2) is 0 Å². The molecule has 0 spiro atoms. The van der Waals surface area contributed by atoms with Gasteiger partial charge in [0.2, 0.25) is 0 Å². The number of fused-ring (bicyclic) bond motifs is 1. The molecule has 3 rings (SSSR count). The molecule has 2 atom stereocenters. The number of carbonyl (C=O) groups excluding carboxylic acids is 1. The lowest BCUT2D eigenvalue weighted by Gasteiger charge is -2.18. The smallest absolute Gasteiger partial charge is 0.394 e. The van der Waals surface area contributed by atoms with Crippen molar-refractivity contribution >= 4 is 22.8 Å². The molecule has 8 heteroatoms. The van der Waals surface area contributed by atoms with Gasteiger partial charge in [-0.15, -0.1) is 0 Å². The van der Waals surface area contributed by atoms with E-state index in [0.29, 0.717) is 16.5 Å². The largest absolute Gasteiger partial charge is 0.481 e. The molecule has 1 amide bonds. The van der Waals surface area contributed by atoms with Crippen molar-refractivity contribution in [1.82, 2.24) is 4.90 Å². The molecule has 1 aromatic carbocycles. The average Bonchev–Trinajstić information content (AvgIpc) is 3.09. The van der Waals surface area contributed by atoms with Gasteiger partial charge in [0.1, 0.15) is 5.58 Å². The third-order valence-corrected chi connectivity index (χ3v) is 4.38. The summed E-state index contributed by atoms with van der Waals surface area (Å²) >= 11 is 0. The Kier molecular flexibility index (Phi) is 3.77. The third-order valence-electron chi connectivity index (χ3n) is 4.38. The molecule has 1 aliphatic rings. The highest BCUT2D eigenvalue weighted by Crippen LogP contribution is 2.38. The number of furan rings is 1. The fourth-order valence-electron chi connectivity index (χ4n) is 3.07. The molecule has 128 valence electrons. The van der Waals surface area contributed by atoms with Crippen LogP contribution in [0.4, 0.5) is 13.2 Å². The molecule has 1 N–H and O–H groups in total. The van der Waals surface area contributed by atoms with Crippen LogP contribution in [0.25, 0.3) is 11.0 Å². The summed E-state index contributed by atoms with van der Waals surface area (Å²) in [5.74, 6) is -6.08. The molecular weight excluding hydrogens is 327 g/mol. The molecule has 1 saturated heterocycles. The third kappa shape index (κ3) is 2.61. The van der Waals surface area contributed by atoms with E-state index in [4.69, 9.17) is 9.52 Å². The van der Waals surface area contributed by atoms with E-state index < -0.39 is 43.0 Å². The predicted molar refractivity (Wildman–Crippen MR) is 77.5 cm³/mol. The number of alkyl halides is 3. The Balaban J connectivity index is 1.92. The zero-order valence-corrected chi connectivity index (χ0v) is 12.6. The second kappa shape index (κ2) is 5.54. The molecule has 2 heterocycles. The minimum Gasteiger partial charge on any atom is -0.481 e. The highest BCUT2D eigenvalue weighted by Gasteiger charge is 2.53. The summed E-state index contributed by atoms with van der Waals surface area (Å²) in [6.45, 7) is 0.468. The first-order valence-electron chi connectivity index (χ1n) is 7.27. The maximum Gasteiger partial charge on any atom is 0.394 e. The number of amides is 1. The van der Waals surface area contributed by atoms with Crippen LogP contribution in [0.5, 0.6) is 0 Å². The summed E-state index contributed by atoms with van der Waals surface area (Å²) in [6, 6.07) is 6.87. The van der Waals surface area contributed by atoms with Crippen molar-refractivity contribution in [1.29, 1.82) is 0 Å². The number of para-hydroxylation sites is 1. The molecule has 0 bridgehead atoms. The first-order chi connectivity index (χ1) is 11.2. The minimum absolute atomic E-state index is 0.0526. The highest BCUT2D eigenvalue weighted by molar-refractivity contribution is 5.99. The van der Waals surface area contributed by atoms with Gasteiger partial charge in [-0.1, -0.05) is 18.2 Å². The Bertz CT molecular complexity index is 811. The first-order valence-corrected chi connectivity index (χ1v) is 7.27. The number of benzene rings is 1. The number of carboxylic acid groups (broad SMARTS) is 1. The first kappa shape index (κ1) is 16.4. The molecule has 2 aromatic rings. The van der Waals surface area contributed by atoms with Gasteiger partial charge in [0.15, 0.2) is 5.76 Å². The van der Waals surface area contributed by atoms with Crippen LogP contribution in [-0.4, -0.2) is 41.1 Å². The number of aryl methyl sites for hydroxylation is 1. The van der Waals surface area contributed by atoms with Crippen LogP contribution >= 0.6 is 0 Å². The Morgan fingerprint density at radius 2 is 1.92 bits per heavy atom. The summed E-state index contributed by atoms with van der Waals surface area (Å²) in [4.78, 5) is 24.6. The van der Waals surface area contributed by atoms with Gasteiger partial charge in [0, 0.05) is 24.0 Å². The average molecular weight is 341 g/mol. The second-order valence-electron chi connectivity index (χ2n) is 5.86. The number of halogens is 3. The minimum atomic E-state index is -4.68. The van der Waals surface area contributed by atoms with Crippen molar-refractivity contribution in [2.75, 3.05) is 13.1 Å². The summed E-state index contributed by atoms with van der Waals surface area (Å²) in [5, 5.41) is 9.72. The summed E-state index contributed by atoms with van der Waals surface area (Å²) in [5.41, 5.74) is 0.984. The Hall–Kier alpha value is -2.51. The van der Waals surface area contributed by atoms with E-state index in [9.17, 15) is 22.8 Å². The standard InChI is InChI=1S/C16H14F3NO4/c1-8-9-4-2-3-5-12(9)24-13(8)14(21)20-6-10(15(22)23)11(7-20)16(17,18)19/h2-5,10-11H,6-7H2,1H3,(H,22,23)/t10-,11-/m1/s1. The number of nitrogens with zero attached hydrogens (tertiary/aromatic N) is 1. The monoisotopic (exact) mass is 341 g/mol. The van der Waals surface area contributed by atoms with Crippen molar-refractivity contribution < 1.29 is 32.3 Å². The molecule has 1 aromatic heterocycles. The van der Waals surface area contributed by atoms with Gasteiger partial charge in [-0.3, -0.25) is 9.59 Å². The molecule has 0 aliphatic carbocycles. The number of likely N-dealkylation sites (tertiary alicyclic amines) is 1. The fraction of sp³-hybridized carbons (Fsp3) is 0.375. The number of carboxylic acids is 1. The van der Waals surface area contributed by atoms with Crippen LogP contribution in [-0.2, 0) is 4.79 Å². The normalized spacial score (nSPS) is 21.4. The number of aliphatic carboxylic acids is 1. The van der Waals surface area contributed by atoms with Gasteiger partial charge in [-0.2, -0.15) is 13.2 Å². The van der Waals surface area contributed by atoms with Crippen molar-refractivity contribution in [2.24, 2.45) is 11.8 Å². The quantitative estimate of drug-likeness (QED) is 0.911. The Morgan fingerprint density at radius 1 is 1.25 bits per heavy atom. The Morgan fingerprint density at radius 3 is 2.46 bits per heavy atom. The van der Waals surface area contributed by atoms with Crippen molar-refractivity contribution in [3.8, 4) is 0 Å². The van der Waals surface area contributed by atoms with Crippen molar-refractivity contribution in [3.05, 3.63) is 35.6 Å². The van der Waals surface area contributed by atoms with E-state index in [1.54, 1.807) is 31.2 Å². The van der Waals surface area contributed by atoms with Crippen LogP contribution in [0, 0.1) is 18.8 Å². The number of hydrogen-bond acceptors (Lipinski definition) is 3. The van der Waals surface area contributed by atoms with E-state index >= 15 is 0 Å². The zero-order valence-electron chi connectivity index (χ0n) is 12.6. The van der Waals surface area contributed by atoms with Crippen LogP contribution in [0.1, 0.15) is 16.1 Å². The molecule has 5 nitrogen and oxygen atoms in total. The van der Waals surface area contributed by atoms with Gasteiger partial charge < -0.3 is 14.4 Å². The SMILES string of the molecule is Cc1c(C(=O)N2C[C@@H](C(F)(F)F)[C@H](C(=O)O)C2)oc2ccccc12. The fourth-order valence-corrected chi connectivity index (χ4v) is 3.07. The maximum absolute atomic E-state index is 13.0. The Labute approximate surface area is 134 Å². The summed E-state index contributed by atoms with van der Waals surface area (Å²) in [7, 11) is 0. The molecule has 0 unspecified atom stereocenters. The lowest BCUT2D eigenvalue weighted by atomic mass is 9.96. The molecule has 0 saturated carbocycles. The molecule has 1 aliphatic heterocycles. The van der Waals surface area contributed by atoms with Gasteiger partial charge in [0.25, 0.3) is 5.91 Å². The highest BCUT2D eigenvalue weighted by atomic mass is 19.4. The molecule has 24 heavy (non-hydrogen) atoms. The van der Waals surface area contributed by atoms with Crippen LogP contribution in [0.15, 0.2) is 28.7 Å². The van der Waals surface area contributed by atoms with E-state index in [1.165, 1.54) is 0 Å². The second-order valence-corrected chi connectivity index (χ2v) is 5.86. The summed E-state index contributed by atoms with van der Waals surface area (Å²) in [6.07, 6.45) is -4.68. The molecular formula is C16H14F3NO4.